The Balaban J connectivity index is 2.84. The molecule has 0 spiro atoms. The van der Waals surface area contributed by atoms with Crippen LogP contribution in [0.4, 0.5) is 18.9 Å². The third kappa shape index (κ3) is 5.33. The summed E-state index contributed by atoms with van der Waals surface area (Å²) in [5.41, 5.74) is 6.52. The Kier molecular flexibility index (Phi) is 5.57. The quantitative estimate of drug-likeness (QED) is 0.637. The van der Waals surface area contributed by atoms with Crippen molar-refractivity contribution in [2.24, 2.45) is 0 Å². The number of carbonyl (C=O) groups is 2. The van der Waals surface area contributed by atoms with Crippen molar-refractivity contribution in [1.82, 2.24) is 5.32 Å². The average Bonchev–Trinajstić information content (AvgIpc) is 2.39. The minimum atomic E-state index is -5.06. The van der Waals surface area contributed by atoms with E-state index in [1.165, 1.54) is 6.92 Å². The molecule has 0 aliphatic carbocycles. The van der Waals surface area contributed by atoms with Gasteiger partial charge in [-0.1, -0.05) is 12.1 Å². The fourth-order valence-corrected chi connectivity index (χ4v) is 1.57. The number of anilines is 1. The molecule has 0 aliphatic rings. The molecule has 0 saturated carbocycles. The lowest BCUT2D eigenvalue weighted by Crippen LogP contribution is -2.48. The van der Waals surface area contributed by atoms with E-state index in [1.807, 2.05) is 0 Å². The predicted octanol–water partition coefficient (Wildman–Crippen LogP) is 1.42. The minimum absolute atomic E-state index is 0.00103. The van der Waals surface area contributed by atoms with Crippen LogP contribution in [-0.2, 0) is 20.7 Å². The van der Waals surface area contributed by atoms with Crippen LogP contribution in [0.1, 0.15) is 12.5 Å². The lowest BCUT2D eigenvalue weighted by atomic mass is 10.1. The molecular weight excluding hydrogens is 289 g/mol. The molecule has 0 heterocycles. The highest BCUT2D eigenvalue weighted by Gasteiger charge is 2.41. The van der Waals surface area contributed by atoms with Crippen molar-refractivity contribution in [2.75, 3.05) is 12.3 Å². The number of hydrogen-bond acceptors (Lipinski definition) is 4. The number of hydrogen-bond donors (Lipinski definition) is 2. The molecule has 1 aromatic rings. The number of alkyl halides is 3. The second-order valence-electron chi connectivity index (χ2n) is 4.22. The van der Waals surface area contributed by atoms with Gasteiger partial charge in [0.25, 0.3) is 0 Å². The zero-order chi connectivity index (χ0) is 16.0. The number of nitrogens with one attached hydrogen (secondary N) is 1. The van der Waals surface area contributed by atoms with E-state index in [4.69, 9.17) is 5.73 Å². The molecule has 1 amide bonds. The molecule has 0 radical (unpaired) electrons. The molecule has 116 valence electrons. The van der Waals surface area contributed by atoms with Crippen LogP contribution < -0.4 is 11.1 Å². The lowest BCUT2D eigenvalue weighted by Gasteiger charge is -2.18. The Hall–Kier alpha value is -2.25. The van der Waals surface area contributed by atoms with Gasteiger partial charge in [-0.2, -0.15) is 13.2 Å². The van der Waals surface area contributed by atoms with Crippen molar-refractivity contribution >= 4 is 17.6 Å². The van der Waals surface area contributed by atoms with E-state index in [2.05, 4.69) is 4.74 Å². The van der Waals surface area contributed by atoms with E-state index in [-0.39, 0.29) is 13.0 Å². The van der Waals surface area contributed by atoms with Gasteiger partial charge in [0.1, 0.15) is 6.04 Å². The van der Waals surface area contributed by atoms with E-state index in [0.29, 0.717) is 11.3 Å². The molecule has 1 atom stereocenters. The van der Waals surface area contributed by atoms with Gasteiger partial charge in [0.15, 0.2) is 0 Å². The van der Waals surface area contributed by atoms with E-state index in [9.17, 15) is 22.8 Å². The predicted molar refractivity (Wildman–Crippen MR) is 69.2 cm³/mol. The maximum Gasteiger partial charge on any atom is 0.471 e. The number of benzene rings is 1. The molecule has 3 N–H and O–H groups in total. The summed E-state index contributed by atoms with van der Waals surface area (Å²) in [6.07, 6.45) is -5.19. The van der Waals surface area contributed by atoms with E-state index in [1.54, 1.807) is 29.6 Å². The number of halogens is 3. The first kappa shape index (κ1) is 16.8. The Morgan fingerprint density at radius 1 is 1.29 bits per heavy atom. The SMILES string of the molecule is CCOC(=O)[C@H](Cc1ccc(N)cc1)NC(=O)C(F)(F)F. The van der Waals surface area contributed by atoms with Crippen molar-refractivity contribution in [3.05, 3.63) is 29.8 Å². The molecule has 21 heavy (non-hydrogen) atoms. The summed E-state index contributed by atoms with van der Waals surface area (Å²) in [4.78, 5) is 22.6. The largest absolute Gasteiger partial charge is 0.471 e. The van der Waals surface area contributed by atoms with Crippen LogP contribution in [0.3, 0.4) is 0 Å². The van der Waals surface area contributed by atoms with Gasteiger partial charge in [0, 0.05) is 12.1 Å². The van der Waals surface area contributed by atoms with Crippen LogP contribution in [0.15, 0.2) is 24.3 Å². The monoisotopic (exact) mass is 304 g/mol. The van der Waals surface area contributed by atoms with Crippen molar-refractivity contribution in [1.29, 1.82) is 0 Å². The average molecular weight is 304 g/mol. The molecule has 0 aromatic heterocycles. The summed E-state index contributed by atoms with van der Waals surface area (Å²) in [6.45, 7) is 1.52. The fraction of sp³-hybridized carbons (Fsp3) is 0.385. The van der Waals surface area contributed by atoms with Gasteiger partial charge in [-0.15, -0.1) is 0 Å². The Bertz CT molecular complexity index is 500. The minimum Gasteiger partial charge on any atom is -0.464 e. The molecule has 1 aromatic carbocycles. The molecule has 0 unspecified atom stereocenters. The number of rotatable bonds is 5. The normalized spacial score (nSPS) is 12.6. The second kappa shape index (κ2) is 6.96. The molecular formula is C13H15F3N2O3. The molecule has 0 saturated heterocycles. The van der Waals surface area contributed by atoms with Crippen LogP contribution >= 0.6 is 0 Å². The number of nitrogen functional groups attached to an aromatic ring is 1. The van der Waals surface area contributed by atoms with Gasteiger partial charge in [0.05, 0.1) is 6.61 Å². The van der Waals surface area contributed by atoms with Crippen LogP contribution in [-0.4, -0.2) is 30.7 Å². The van der Waals surface area contributed by atoms with Crippen molar-refractivity contribution < 1.29 is 27.5 Å². The highest BCUT2D eigenvalue weighted by Crippen LogP contribution is 2.16. The molecule has 0 bridgehead atoms. The van der Waals surface area contributed by atoms with Crippen LogP contribution in [0.2, 0.25) is 0 Å². The number of carbonyl (C=O) groups excluding carboxylic acids is 2. The Labute approximate surface area is 119 Å². The summed E-state index contributed by atoms with van der Waals surface area (Å²) >= 11 is 0. The van der Waals surface area contributed by atoms with Crippen molar-refractivity contribution in [3.8, 4) is 0 Å². The van der Waals surface area contributed by atoms with Gasteiger partial charge in [-0.05, 0) is 24.6 Å². The van der Waals surface area contributed by atoms with Gasteiger partial charge in [-0.3, -0.25) is 4.79 Å². The zero-order valence-corrected chi connectivity index (χ0v) is 11.2. The highest BCUT2D eigenvalue weighted by molar-refractivity contribution is 5.87. The number of esters is 1. The number of ether oxygens (including phenoxy) is 1. The maximum absolute atomic E-state index is 12.3. The van der Waals surface area contributed by atoms with E-state index in [0.717, 1.165) is 0 Å². The Morgan fingerprint density at radius 3 is 2.33 bits per heavy atom. The zero-order valence-electron chi connectivity index (χ0n) is 11.2. The summed E-state index contributed by atoms with van der Waals surface area (Å²) in [5.74, 6) is -3.11. The molecule has 1 rings (SSSR count). The van der Waals surface area contributed by atoms with E-state index >= 15 is 0 Å². The number of amides is 1. The fourth-order valence-electron chi connectivity index (χ4n) is 1.57. The standard InChI is InChI=1S/C13H15F3N2O3/c1-2-21-11(19)10(18-12(20)13(14,15)16)7-8-3-5-9(17)6-4-8/h3-6,10H,2,7,17H2,1H3,(H,18,20)/t10-/m0/s1. The summed E-state index contributed by atoms with van der Waals surface area (Å²) in [7, 11) is 0. The summed E-state index contributed by atoms with van der Waals surface area (Å²) in [5, 5.41) is 1.63. The third-order valence-corrected chi connectivity index (χ3v) is 2.55. The van der Waals surface area contributed by atoms with Crippen molar-refractivity contribution in [3.63, 3.8) is 0 Å². The first-order valence-corrected chi connectivity index (χ1v) is 6.12. The second-order valence-corrected chi connectivity index (χ2v) is 4.22. The molecule has 5 nitrogen and oxygen atoms in total. The Morgan fingerprint density at radius 2 is 1.86 bits per heavy atom. The first-order valence-electron chi connectivity index (χ1n) is 6.12. The lowest BCUT2D eigenvalue weighted by molar-refractivity contribution is -0.175. The molecule has 0 aliphatic heterocycles. The summed E-state index contributed by atoms with van der Waals surface area (Å²) < 4.78 is 41.5. The first-order chi connectivity index (χ1) is 9.74. The smallest absolute Gasteiger partial charge is 0.464 e. The van der Waals surface area contributed by atoms with Crippen LogP contribution in [0.5, 0.6) is 0 Å². The van der Waals surface area contributed by atoms with E-state index < -0.39 is 24.1 Å². The topological polar surface area (TPSA) is 81.4 Å². The van der Waals surface area contributed by atoms with Crippen molar-refractivity contribution in [2.45, 2.75) is 25.6 Å². The number of nitrogens with two attached hydrogens (primary N) is 1. The van der Waals surface area contributed by atoms with Crippen LogP contribution in [0, 0.1) is 0 Å². The van der Waals surface area contributed by atoms with Gasteiger partial charge in [-0.25, -0.2) is 4.79 Å². The van der Waals surface area contributed by atoms with Crippen LogP contribution in [0.25, 0.3) is 0 Å². The maximum atomic E-state index is 12.3. The van der Waals surface area contributed by atoms with Gasteiger partial charge < -0.3 is 15.8 Å². The van der Waals surface area contributed by atoms with Gasteiger partial charge >= 0.3 is 18.1 Å². The highest BCUT2D eigenvalue weighted by atomic mass is 19.4. The molecule has 8 heteroatoms. The molecule has 0 fully saturated rings. The summed E-state index contributed by atoms with van der Waals surface area (Å²) in [6, 6.07) is 4.79. The third-order valence-electron chi connectivity index (χ3n) is 2.55. The van der Waals surface area contributed by atoms with Gasteiger partial charge in [0.2, 0.25) is 0 Å².